The van der Waals surface area contributed by atoms with Crippen LogP contribution in [-0.2, 0) is 0 Å². The molecule has 0 radical (unpaired) electrons. The molecule has 1 aromatic rings. The number of nitrogens with two attached hydrogens (primary N) is 1. The molecule has 1 heterocycles. The van der Waals surface area contributed by atoms with Crippen molar-refractivity contribution in [2.24, 2.45) is 0 Å². The van der Waals surface area contributed by atoms with Crippen molar-refractivity contribution in [1.82, 2.24) is 4.98 Å². The van der Waals surface area contributed by atoms with E-state index in [-0.39, 0.29) is 11.4 Å². The maximum Gasteiger partial charge on any atom is 0.337 e. The predicted molar refractivity (Wildman–Crippen MR) is 61.0 cm³/mol. The fraction of sp³-hybridized carbons (Fsp3) is 0.200. The number of hydrogen-bond donors (Lipinski definition) is 3. The van der Waals surface area contributed by atoms with Crippen LogP contribution in [0.5, 0.6) is 0 Å². The zero-order chi connectivity index (χ0) is 11.3. The van der Waals surface area contributed by atoms with E-state index in [0.29, 0.717) is 17.7 Å². The molecule has 78 valence electrons. The maximum absolute atomic E-state index is 10.7. The van der Waals surface area contributed by atoms with E-state index < -0.39 is 5.97 Å². The monoisotopic (exact) mass is 222 g/mol. The fourth-order valence-corrected chi connectivity index (χ4v) is 1.02. The quantitative estimate of drug-likeness (QED) is 0.516. The highest BCUT2D eigenvalue weighted by atomic mass is 32.1. The van der Waals surface area contributed by atoms with Gasteiger partial charge in [0.2, 0.25) is 0 Å². The summed E-state index contributed by atoms with van der Waals surface area (Å²) in [6.07, 6.45) is 1.83. The van der Waals surface area contributed by atoms with Gasteiger partial charge in [0.25, 0.3) is 0 Å². The summed E-state index contributed by atoms with van der Waals surface area (Å²) >= 11 is 4.00. The van der Waals surface area contributed by atoms with Crippen LogP contribution in [0.1, 0.15) is 22.3 Å². The molecule has 0 saturated carbocycles. The fourth-order valence-electron chi connectivity index (χ4n) is 0.906. The van der Waals surface area contributed by atoms with Crippen molar-refractivity contribution in [3.63, 3.8) is 0 Å². The molecule has 15 heavy (non-hydrogen) atoms. The van der Waals surface area contributed by atoms with E-state index in [0.717, 1.165) is 0 Å². The molecule has 0 atom stereocenters. The van der Waals surface area contributed by atoms with E-state index in [2.05, 4.69) is 29.5 Å². The molecular weight excluding hydrogens is 212 g/mol. The highest BCUT2D eigenvalue weighted by Crippen LogP contribution is 2.09. The molecule has 1 aromatic heterocycles. The third-order valence-electron chi connectivity index (χ3n) is 1.63. The number of carboxylic acids is 1. The van der Waals surface area contributed by atoms with Gasteiger partial charge in [-0.25, -0.2) is 9.78 Å². The topological polar surface area (TPSA) is 76.2 Å². The first-order valence-corrected chi connectivity index (χ1v) is 4.87. The summed E-state index contributed by atoms with van der Waals surface area (Å²) < 4.78 is 0. The predicted octanol–water partition coefficient (Wildman–Crippen LogP) is 1.03. The third kappa shape index (κ3) is 3.18. The Morgan fingerprint density at radius 3 is 3.00 bits per heavy atom. The lowest BCUT2D eigenvalue weighted by Crippen LogP contribution is -2.01. The van der Waals surface area contributed by atoms with Gasteiger partial charge in [0, 0.05) is 18.4 Å². The van der Waals surface area contributed by atoms with E-state index in [1.165, 1.54) is 12.3 Å². The number of thiol groups is 1. The molecule has 0 fully saturated rings. The SMILES string of the molecule is Nc1ncc(C(=O)O)cc1C#CCCS. The highest BCUT2D eigenvalue weighted by molar-refractivity contribution is 7.80. The number of hydrogen-bond acceptors (Lipinski definition) is 4. The molecule has 0 aliphatic heterocycles. The minimum absolute atomic E-state index is 0.0828. The Hall–Kier alpha value is -1.67. The normalized spacial score (nSPS) is 9.13. The van der Waals surface area contributed by atoms with E-state index in [1.54, 1.807) is 0 Å². The average molecular weight is 222 g/mol. The lowest BCUT2D eigenvalue weighted by atomic mass is 10.2. The molecule has 0 unspecified atom stereocenters. The van der Waals surface area contributed by atoms with Crippen molar-refractivity contribution in [3.05, 3.63) is 23.4 Å². The molecule has 1 rings (SSSR count). The summed E-state index contributed by atoms with van der Waals surface area (Å²) in [5, 5.41) is 8.73. The Morgan fingerprint density at radius 1 is 1.67 bits per heavy atom. The minimum atomic E-state index is -1.04. The molecular formula is C10H10N2O2S. The summed E-state index contributed by atoms with van der Waals surface area (Å²) in [4.78, 5) is 14.4. The molecule has 4 nitrogen and oxygen atoms in total. The smallest absolute Gasteiger partial charge is 0.337 e. The van der Waals surface area contributed by atoms with Crippen molar-refractivity contribution in [2.45, 2.75) is 6.42 Å². The molecule has 0 aliphatic rings. The second-order valence-electron chi connectivity index (χ2n) is 2.74. The van der Waals surface area contributed by atoms with Crippen LogP contribution in [0, 0.1) is 11.8 Å². The number of pyridine rings is 1. The summed E-state index contributed by atoms with van der Waals surface area (Å²) in [6.45, 7) is 0. The number of anilines is 1. The molecule has 0 aliphatic carbocycles. The van der Waals surface area contributed by atoms with Crippen LogP contribution in [0.15, 0.2) is 12.3 Å². The van der Waals surface area contributed by atoms with Crippen LogP contribution >= 0.6 is 12.6 Å². The molecule has 5 heteroatoms. The number of carbonyl (C=O) groups is 1. The van der Waals surface area contributed by atoms with Gasteiger partial charge in [-0.2, -0.15) is 12.6 Å². The first kappa shape index (κ1) is 11.4. The van der Waals surface area contributed by atoms with Gasteiger partial charge in [-0.3, -0.25) is 0 Å². The third-order valence-corrected chi connectivity index (χ3v) is 1.85. The van der Waals surface area contributed by atoms with Crippen LogP contribution in [0.4, 0.5) is 5.82 Å². The van der Waals surface area contributed by atoms with Gasteiger partial charge < -0.3 is 10.8 Å². The second-order valence-corrected chi connectivity index (χ2v) is 3.18. The van der Waals surface area contributed by atoms with Crippen molar-refractivity contribution >= 4 is 24.4 Å². The van der Waals surface area contributed by atoms with Gasteiger partial charge in [0.1, 0.15) is 5.82 Å². The van der Waals surface area contributed by atoms with Gasteiger partial charge in [-0.1, -0.05) is 11.8 Å². The van der Waals surface area contributed by atoms with Crippen molar-refractivity contribution in [3.8, 4) is 11.8 Å². The van der Waals surface area contributed by atoms with Crippen LogP contribution in [-0.4, -0.2) is 21.8 Å². The first-order valence-electron chi connectivity index (χ1n) is 4.23. The van der Waals surface area contributed by atoms with Gasteiger partial charge >= 0.3 is 5.97 Å². The van der Waals surface area contributed by atoms with E-state index in [9.17, 15) is 4.79 Å². The average Bonchev–Trinajstić information content (AvgIpc) is 2.20. The maximum atomic E-state index is 10.7. The molecule has 0 spiro atoms. The largest absolute Gasteiger partial charge is 0.478 e. The van der Waals surface area contributed by atoms with E-state index in [4.69, 9.17) is 10.8 Å². The zero-order valence-corrected chi connectivity index (χ0v) is 8.79. The zero-order valence-electron chi connectivity index (χ0n) is 7.90. The lowest BCUT2D eigenvalue weighted by molar-refractivity contribution is 0.0696. The Morgan fingerprint density at radius 2 is 2.40 bits per heavy atom. The Bertz CT molecular complexity index is 435. The summed E-state index contributed by atoms with van der Waals surface area (Å²) in [5.74, 6) is 5.43. The first-order chi connectivity index (χ1) is 7.15. The molecule has 0 aromatic carbocycles. The van der Waals surface area contributed by atoms with Crippen LogP contribution in [0.25, 0.3) is 0 Å². The van der Waals surface area contributed by atoms with E-state index in [1.807, 2.05) is 0 Å². The van der Waals surface area contributed by atoms with Gasteiger partial charge in [0.05, 0.1) is 11.1 Å². The standard InChI is InChI=1S/C10H10N2O2S/c11-9-7(3-1-2-4-15)5-8(6-12-9)10(13)14/h5-6,15H,2,4H2,(H2,11,12)(H,13,14). The summed E-state index contributed by atoms with van der Waals surface area (Å²) in [6, 6.07) is 1.41. The minimum Gasteiger partial charge on any atom is -0.478 e. The summed E-state index contributed by atoms with van der Waals surface area (Å²) in [7, 11) is 0. The van der Waals surface area contributed by atoms with Gasteiger partial charge in [0.15, 0.2) is 0 Å². The number of carboxylic acid groups (broad SMARTS) is 1. The number of rotatable bonds is 2. The van der Waals surface area contributed by atoms with Crippen molar-refractivity contribution in [2.75, 3.05) is 11.5 Å². The Balaban J connectivity index is 3.02. The molecule has 0 bridgehead atoms. The van der Waals surface area contributed by atoms with Crippen molar-refractivity contribution in [1.29, 1.82) is 0 Å². The highest BCUT2D eigenvalue weighted by Gasteiger charge is 2.05. The Kier molecular flexibility index (Phi) is 4.01. The number of aromatic nitrogens is 1. The lowest BCUT2D eigenvalue weighted by Gasteiger charge is -1.98. The van der Waals surface area contributed by atoms with Crippen molar-refractivity contribution < 1.29 is 9.90 Å². The summed E-state index contributed by atoms with van der Waals surface area (Å²) in [5.41, 5.74) is 6.07. The van der Waals surface area contributed by atoms with Gasteiger partial charge in [-0.05, 0) is 6.07 Å². The molecule has 3 N–H and O–H groups in total. The van der Waals surface area contributed by atoms with Crippen LogP contribution in [0.3, 0.4) is 0 Å². The Labute approximate surface area is 92.9 Å². The van der Waals surface area contributed by atoms with Crippen LogP contribution in [0.2, 0.25) is 0 Å². The number of aromatic carboxylic acids is 1. The van der Waals surface area contributed by atoms with Gasteiger partial charge in [-0.15, -0.1) is 0 Å². The molecule has 0 saturated heterocycles. The number of nitrogen functional groups attached to an aromatic ring is 1. The van der Waals surface area contributed by atoms with E-state index >= 15 is 0 Å². The number of nitrogens with zero attached hydrogens (tertiary/aromatic N) is 1. The second kappa shape index (κ2) is 5.27. The molecule has 0 amide bonds. The van der Waals surface area contributed by atoms with Crippen LogP contribution < -0.4 is 5.73 Å².